The van der Waals surface area contributed by atoms with Crippen LogP contribution >= 0.6 is 0 Å². The third kappa shape index (κ3) is 2.56. The van der Waals surface area contributed by atoms with E-state index in [1.54, 1.807) is 30.3 Å². The smallest absolute Gasteiger partial charge is 0.231 e. The van der Waals surface area contributed by atoms with Crippen LogP contribution in [0.2, 0.25) is 0 Å². The van der Waals surface area contributed by atoms with Crippen LogP contribution < -0.4 is 14.8 Å². The fourth-order valence-corrected chi connectivity index (χ4v) is 1.95. The van der Waals surface area contributed by atoms with E-state index in [-0.39, 0.29) is 24.9 Å². The first kappa shape index (κ1) is 12.5. The Kier molecular flexibility index (Phi) is 3.25. The first-order valence-corrected chi connectivity index (χ1v) is 6.15. The summed E-state index contributed by atoms with van der Waals surface area (Å²) in [5.41, 5.74) is 1.09. The number of benzene rings is 2. The molecule has 0 aliphatic carbocycles. The highest BCUT2D eigenvalue weighted by Gasteiger charge is 2.16. The summed E-state index contributed by atoms with van der Waals surface area (Å²) in [6.07, 6.45) is 0. The van der Waals surface area contributed by atoms with Gasteiger partial charge in [-0.15, -0.1) is 0 Å². The molecule has 0 saturated heterocycles. The molecule has 102 valence electrons. The second kappa shape index (κ2) is 5.21. The van der Waals surface area contributed by atoms with Crippen molar-refractivity contribution in [1.29, 1.82) is 0 Å². The van der Waals surface area contributed by atoms with E-state index < -0.39 is 0 Å². The minimum atomic E-state index is -0.342. The zero-order chi connectivity index (χ0) is 13.9. The molecule has 1 heterocycles. The van der Waals surface area contributed by atoms with Crippen LogP contribution in [0.5, 0.6) is 11.5 Å². The third-order valence-corrected chi connectivity index (χ3v) is 2.97. The van der Waals surface area contributed by atoms with Crippen LogP contribution in [-0.4, -0.2) is 19.1 Å². The van der Waals surface area contributed by atoms with Crippen LogP contribution in [0.4, 0.5) is 10.1 Å². The molecule has 3 rings (SSSR count). The summed E-state index contributed by atoms with van der Waals surface area (Å²) in [6, 6.07) is 11.0. The lowest BCUT2D eigenvalue weighted by Crippen LogP contribution is -2.14. The normalized spacial score (nSPS) is 12.2. The van der Waals surface area contributed by atoms with E-state index >= 15 is 0 Å². The number of fused-ring (bicyclic) bond motifs is 1. The van der Waals surface area contributed by atoms with Gasteiger partial charge in [-0.3, -0.25) is 4.79 Å². The number of hydrogen-bond donors (Lipinski definition) is 1. The van der Waals surface area contributed by atoms with Crippen molar-refractivity contribution in [2.45, 2.75) is 0 Å². The minimum Gasteiger partial charge on any atom is -0.454 e. The first-order valence-electron chi connectivity index (χ1n) is 6.15. The maximum absolute atomic E-state index is 13.0. The third-order valence-electron chi connectivity index (χ3n) is 2.97. The van der Waals surface area contributed by atoms with Gasteiger partial charge >= 0.3 is 0 Å². The van der Waals surface area contributed by atoms with Crippen LogP contribution in [0, 0.1) is 5.82 Å². The Morgan fingerprint density at radius 2 is 2.00 bits per heavy atom. The molecule has 2 aromatic rings. The summed E-state index contributed by atoms with van der Waals surface area (Å²) in [6.45, 7) is 0.262. The predicted octanol–water partition coefficient (Wildman–Crippen LogP) is 2.85. The van der Waals surface area contributed by atoms with E-state index in [4.69, 9.17) is 9.47 Å². The number of halogens is 1. The van der Waals surface area contributed by atoms with Gasteiger partial charge in [0.15, 0.2) is 17.3 Å². The van der Waals surface area contributed by atoms with Crippen molar-refractivity contribution in [2.75, 3.05) is 18.7 Å². The van der Waals surface area contributed by atoms with E-state index in [1.165, 1.54) is 12.1 Å². The number of nitrogens with one attached hydrogen (secondary N) is 1. The number of hydrogen-bond acceptors (Lipinski definition) is 4. The van der Waals surface area contributed by atoms with Crippen molar-refractivity contribution in [3.63, 3.8) is 0 Å². The molecule has 20 heavy (non-hydrogen) atoms. The predicted molar refractivity (Wildman–Crippen MR) is 71.8 cm³/mol. The Morgan fingerprint density at radius 3 is 2.85 bits per heavy atom. The highest BCUT2D eigenvalue weighted by atomic mass is 19.1. The van der Waals surface area contributed by atoms with Gasteiger partial charge in [0.1, 0.15) is 5.82 Å². The van der Waals surface area contributed by atoms with E-state index in [1.807, 2.05) is 0 Å². The van der Waals surface area contributed by atoms with Crippen LogP contribution in [0.15, 0.2) is 42.5 Å². The van der Waals surface area contributed by atoms with Crippen molar-refractivity contribution in [2.24, 2.45) is 0 Å². The molecule has 1 aliphatic rings. The molecule has 0 bridgehead atoms. The first-order chi connectivity index (χ1) is 9.72. The lowest BCUT2D eigenvalue weighted by molar-refractivity contribution is 0.101. The van der Waals surface area contributed by atoms with Gasteiger partial charge in [0, 0.05) is 11.3 Å². The molecule has 2 aromatic carbocycles. The van der Waals surface area contributed by atoms with Crippen molar-refractivity contribution in [1.82, 2.24) is 0 Å². The monoisotopic (exact) mass is 273 g/mol. The van der Waals surface area contributed by atoms with Gasteiger partial charge in [-0.2, -0.15) is 0 Å². The number of rotatable bonds is 4. The van der Waals surface area contributed by atoms with Gasteiger partial charge in [-0.05, 0) is 36.4 Å². The van der Waals surface area contributed by atoms with Gasteiger partial charge in [-0.25, -0.2) is 4.39 Å². The highest BCUT2D eigenvalue weighted by Crippen LogP contribution is 2.32. The van der Waals surface area contributed by atoms with Gasteiger partial charge in [0.05, 0.1) is 6.54 Å². The van der Waals surface area contributed by atoms with E-state index in [0.717, 1.165) is 0 Å². The average molecular weight is 273 g/mol. The van der Waals surface area contributed by atoms with Crippen molar-refractivity contribution >= 4 is 11.5 Å². The molecule has 0 unspecified atom stereocenters. The van der Waals surface area contributed by atoms with E-state index in [0.29, 0.717) is 22.7 Å². The molecule has 0 spiro atoms. The fraction of sp³-hybridized carbons (Fsp3) is 0.133. The van der Waals surface area contributed by atoms with Crippen LogP contribution in [0.25, 0.3) is 0 Å². The molecule has 1 aliphatic heterocycles. The average Bonchev–Trinajstić information content (AvgIpc) is 2.92. The Balaban J connectivity index is 1.67. The lowest BCUT2D eigenvalue weighted by atomic mass is 10.1. The number of carbonyl (C=O) groups excluding carboxylic acids is 1. The summed E-state index contributed by atoms with van der Waals surface area (Å²) < 4.78 is 23.4. The molecule has 4 nitrogen and oxygen atoms in total. The molecule has 1 N–H and O–H groups in total. The SMILES string of the molecule is O=C(CNc1cccc(F)c1)c1ccc2c(c1)OCO2. The zero-order valence-electron chi connectivity index (χ0n) is 10.6. The van der Waals surface area contributed by atoms with Crippen molar-refractivity contribution in [3.8, 4) is 11.5 Å². The highest BCUT2D eigenvalue weighted by molar-refractivity contribution is 5.99. The van der Waals surface area contributed by atoms with Crippen LogP contribution in [-0.2, 0) is 0 Å². The Morgan fingerprint density at radius 1 is 1.15 bits per heavy atom. The van der Waals surface area contributed by atoms with E-state index in [9.17, 15) is 9.18 Å². The van der Waals surface area contributed by atoms with Crippen molar-refractivity contribution < 1.29 is 18.7 Å². The fourth-order valence-electron chi connectivity index (χ4n) is 1.95. The molecule has 0 amide bonds. The Labute approximate surface area is 115 Å². The van der Waals surface area contributed by atoms with Gasteiger partial charge in [0.2, 0.25) is 6.79 Å². The molecule has 0 fully saturated rings. The molecule has 0 saturated carbocycles. The maximum Gasteiger partial charge on any atom is 0.231 e. The number of Topliss-reactive ketones (excluding diaryl/α,β-unsaturated/α-hetero) is 1. The standard InChI is InChI=1S/C15H12FNO3/c16-11-2-1-3-12(7-11)17-8-13(18)10-4-5-14-15(6-10)20-9-19-14/h1-7,17H,8-9H2. The maximum atomic E-state index is 13.0. The van der Waals surface area contributed by atoms with Crippen molar-refractivity contribution in [3.05, 3.63) is 53.8 Å². The quantitative estimate of drug-likeness (QED) is 0.870. The summed E-state index contributed by atoms with van der Waals surface area (Å²) in [5.74, 6) is 0.763. The van der Waals surface area contributed by atoms with E-state index in [2.05, 4.69) is 5.32 Å². The topological polar surface area (TPSA) is 47.6 Å². The van der Waals surface area contributed by atoms with Gasteiger partial charge in [-0.1, -0.05) is 6.07 Å². The number of ether oxygens (including phenoxy) is 2. The summed E-state index contributed by atoms with van der Waals surface area (Å²) >= 11 is 0. The molecular formula is C15H12FNO3. The summed E-state index contributed by atoms with van der Waals surface area (Å²) in [4.78, 5) is 12.1. The van der Waals surface area contributed by atoms with Crippen LogP contribution in [0.1, 0.15) is 10.4 Å². The second-order valence-corrected chi connectivity index (χ2v) is 4.36. The molecule has 5 heteroatoms. The molecule has 0 radical (unpaired) electrons. The zero-order valence-corrected chi connectivity index (χ0v) is 10.6. The molecular weight excluding hydrogens is 261 g/mol. The minimum absolute atomic E-state index is 0.0864. The Bertz CT molecular complexity index is 657. The summed E-state index contributed by atoms with van der Waals surface area (Å²) in [5, 5.41) is 2.89. The summed E-state index contributed by atoms with van der Waals surface area (Å²) in [7, 11) is 0. The Hall–Kier alpha value is -2.56. The molecule has 0 atom stereocenters. The largest absolute Gasteiger partial charge is 0.454 e. The second-order valence-electron chi connectivity index (χ2n) is 4.36. The van der Waals surface area contributed by atoms with Gasteiger partial charge in [0.25, 0.3) is 0 Å². The lowest BCUT2D eigenvalue weighted by Gasteiger charge is -2.06. The number of carbonyl (C=O) groups is 1. The number of ketones is 1. The van der Waals surface area contributed by atoms with Gasteiger partial charge < -0.3 is 14.8 Å². The van der Waals surface area contributed by atoms with Crippen LogP contribution in [0.3, 0.4) is 0 Å². The number of anilines is 1. The molecule has 0 aromatic heterocycles.